The standard InChI is InChI=1S/C11H9ClN2O3/c1-17-11-9(5-10(15)16)13-8-4-6(12)2-3-7(8)14-11/h2-4H,5H2,1H3,(H,15,16). The van der Waals surface area contributed by atoms with Gasteiger partial charge in [-0.2, -0.15) is 0 Å². The molecule has 0 atom stereocenters. The molecule has 1 N–H and O–H groups in total. The second kappa shape index (κ2) is 4.55. The van der Waals surface area contributed by atoms with E-state index in [0.29, 0.717) is 16.1 Å². The molecule has 0 bridgehead atoms. The van der Waals surface area contributed by atoms with Gasteiger partial charge in [-0.05, 0) is 18.2 Å². The molecule has 0 saturated carbocycles. The molecule has 0 aliphatic carbocycles. The first kappa shape index (κ1) is 11.6. The summed E-state index contributed by atoms with van der Waals surface area (Å²) in [6.45, 7) is 0. The molecule has 5 nitrogen and oxygen atoms in total. The molecule has 17 heavy (non-hydrogen) atoms. The Morgan fingerprint density at radius 1 is 1.41 bits per heavy atom. The Bertz CT molecular complexity index is 586. The second-order valence-electron chi connectivity index (χ2n) is 3.38. The van der Waals surface area contributed by atoms with Crippen LogP contribution in [0.1, 0.15) is 5.69 Å². The Balaban J connectivity index is 2.60. The summed E-state index contributed by atoms with van der Waals surface area (Å²) in [6.07, 6.45) is -0.237. The van der Waals surface area contributed by atoms with Gasteiger partial charge in [0.2, 0.25) is 5.88 Å². The Kier molecular flexibility index (Phi) is 3.10. The van der Waals surface area contributed by atoms with Crippen LogP contribution in [0.25, 0.3) is 11.0 Å². The fourth-order valence-corrected chi connectivity index (χ4v) is 1.64. The highest BCUT2D eigenvalue weighted by Crippen LogP contribution is 2.21. The van der Waals surface area contributed by atoms with Crippen LogP contribution in [0, 0.1) is 0 Å². The molecule has 0 aliphatic heterocycles. The fourth-order valence-electron chi connectivity index (χ4n) is 1.47. The highest BCUT2D eigenvalue weighted by atomic mass is 35.5. The zero-order valence-electron chi connectivity index (χ0n) is 8.98. The highest BCUT2D eigenvalue weighted by Gasteiger charge is 2.12. The fraction of sp³-hybridized carbons (Fsp3) is 0.182. The third-order valence-electron chi connectivity index (χ3n) is 2.17. The minimum absolute atomic E-state index is 0.224. The Labute approximate surface area is 102 Å². The van der Waals surface area contributed by atoms with Crippen molar-refractivity contribution in [3.05, 3.63) is 28.9 Å². The molecule has 6 heteroatoms. The van der Waals surface area contributed by atoms with E-state index in [1.165, 1.54) is 7.11 Å². The van der Waals surface area contributed by atoms with Gasteiger partial charge in [0.15, 0.2) is 0 Å². The molecular formula is C11H9ClN2O3. The van der Waals surface area contributed by atoms with E-state index in [0.717, 1.165) is 0 Å². The maximum absolute atomic E-state index is 10.7. The summed E-state index contributed by atoms with van der Waals surface area (Å²) >= 11 is 5.84. The van der Waals surface area contributed by atoms with Crippen molar-refractivity contribution in [1.82, 2.24) is 9.97 Å². The first-order valence-corrected chi connectivity index (χ1v) is 5.20. The molecule has 0 aliphatic rings. The number of benzene rings is 1. The normalized spacial score (nSPS) is 10.5. The highest BCUT2D eigenvalue weighted by molar-refractivity contribution is 6.31. The SMILES string of the molecule is COc1nc2ccc(Cl)cc2nc1CC(=O)O. The number of nitrogens with zero attached hydrogens (tertiary/aromatic N) is 2. The maximum Gasteiger partial charge on any atom is 0.309 e. The topological polar surface area (TPSA) is 72.3 Å². The number of aromatic nitrogens is 2. The number of hydrogen-bond acceptors (Lipinski definition) is 4. The zero-order valence-corrected chi connectivity index (χ0v) is 9.73. The van der Waals surface area contributed by atoms with Gasteiger partial charge in [0.1, 0.15) is 5.69 Å². The van der Waals surface area contributed by atoms with Gasteiger partial charge in [0.25, 0.3) is 0 Å². The van der Waals surface area contributed by atoms with E-state index < -0.39 is 5.97 Å². The molecule has 88 valence electrons. The summed E-state index contributed by atoms with van der Waals surface area (Å²) in [7, 11) is 1.43. The van der Waals surface area contributed by atoms with E-state index in [9.17, 15) is 4.79 Å². The Morgan fingerprint density at radius 3 is 2.82 bits per heavy atom. The largest absolute Gasteiger partial charge is 0.481 e. The Hall–Kier alpha value is -1.88. The lowest BCUT2D eigenvalue weighted by atomic mass is 10.2. The van der Waals surface area contributed by atoms with Crippen LogP contribution in [0.2, 0.25) is 5.02 Å². The number of halogens is 1. The number of carbonyl (C=O) groups is 1. The predicted octanol–water partition coefficient (Wildman–Crippen LogP) is 1.92. The zero-order chi connectivity index (χ0) is 12.4. The molecule has 0 radical (unpaired) electrons. The number of carboxylic acid groups (broad SMARTS) is 1. The van der Waals surface area contributed by atoms with Crippen LogP contribution in [-0.2, 0) is 11.2 Å². The van der Waals surface area contributed by atoms with Gasteiger partial charge < -0.3 is 9.84 Å². The van der Waals surface area contributed by atoms with E-state index in [2.05, 4.69) is 9.97 Å². The van der Waals surface area contributed by atoms with E-state index in [1.807, 2.05) is 0 Å². The van der Waals surface area contributed by atoms with Crippen molar-refractivity contribution in [3.8, 4) is 5.88 Å². The Morgan fingerprint density at radius 2 is 2.18 bits per heavy atom. The summed E-state index contributed by atoms with van der Waals surface area (Å²) in [5.74, 6) is -0.763. The van der Waals surface area contributed by atoms with Crippen LogP contribution in [0.3, 0.4) is 0 Å². The van der Waals surface area contributed by atoms with Crippen LogP contribution >= 0.6 is 11.6 Å². The lowest BCUT2D eigenvalue weighted by Crippen LogP contribution is -2.06. The maximum atomic E-state index is 10.7. The minimum Gasteiger partial charge on any atom is -0.481 e. The molecule has 0 fully saturated rings. The number of hydrogen-bond donors (Lipinski definition) is 1. The second-order valence-corrected chi connectivity index (χ2v) is 3.82. The summed E-state index contributed by atoms with van der Waals surface area (Å²) < 4.78 is 5.01. The van der Waals surface area contributed by atoms with Crippen molar-refractivity contribution in [2.24, 2.45) is 0 Å². The molecule has 1 aromatic heterocycles. The van der Waals surface area contributed by atoms with Gasteiger partial charge in [-0.1, -0.05) is 11.6 Å². The first-order valence-electron chi connectivity index (χ1n) is 4.82. The van der Waals surface area contributed by atoms with Crippen molar-refractivity contribution in [2.75, 3.05) is 7.11 Å². The monoisotopic (exact) mass is 252 g/mol. The van der Waals surface area contributed by atoms with Crippen molar-refractivity contribution in [2.45, 2.75) is 6.42 Å². The van der Waals surface area contributed by atoms with Crippen molar-refractivity contribution < 1.29 is 14.6 Å². The average molecular weight is 253 g/mol. The van der Waals surface area contributed by atoms with Crippen molar-refractivity contribution in [1.29, 1.82) is 0 Å². The van der Waals surface area contributed by atoms with Gasteiger partial charge in [0, 0.05) is 5.02 Å². The van der Waals surface area contributed by atoms with Gasteiger partial charge in [-0.15, -0.1) is 0 Å². The first-order chi connectivity index (χ1) is 8.10. The molecule has 0 unspecified atom stereocenters. The van der Waals surface area contributed by atoms with Crippen LogP contribution in [0.5, 0.6) is 5.88 Å². The van der Waals surface area contributed by atoms with Crippen LogP contribution in [0.15, 0.2) is 18.2 Å². The van der Waals surface area contributed by atoms with Crippen LogP contribution in [-0.4, -0.2) is 28.2 Å². The van der Waals surface area contributed by atoms with Crippen molar-refractivity contribution >= 4 is 28.6 Å². The number of aliphatic carboxylic acids is 1. The number of ether oxygens (including phenoxy) is 1. The van der Waals surface area contributed by atoms with Gasteiger partial charge in [-0.3, -0.25) is 4.79 Å². The lowest BCUT2D eigenvalue weighted by molar-refractivity contribution is -0.136. The summed E-state index contributed by atoms with van der Waals surface area (Å²) in [4.78, 5) is 19.1. The smallest absolute Gasteiger partial charge is 0.309 e. The molecule has 0 amide bonds. The number of methoxy groups -OCH3 is 1. The van der Waals surface area contributed by atoms with Crippen LogP contribution in [0.4, 0.5) is 0 Å². The van der Waals surface area contributed by atoms with Crippen molar-refractivity contribution in [3.63, 3.8) is 0 Å². The lowest BCUT2D eigenvalue weighted by Gasteiger charge is -2.06. The molecule has 0 spiro atoms. The number of carboxylic acids is 1. The molecule has 1 heterocycles. The van der Waals surface area contributed by atoms with Gasteiger partial charge in [-0.25, -0.2) is 9.97 Å². The van der Waals surface area contributed by atoms with E-state index in [4.69, 9.17) is 21.4 Å². The third-order valence-corrected chi connectivity index (χ3v) is 2.41. The molecule has 2 rings (SSSR count). The molecule has 0 saturated heterocycles. The third kappa shape index (κ3) is 2.45. The quantitative estimate of drug-likeness (QED) is 0.904. The van der Waals surface area contributed by atoms with Crippen LogP contribution < -0.4 is 4.74 Å². The number of fused-ring (bicyclic) bond motifs is 1. The van der Waals surface area contributed by atoms with Gasteiger partial charge in [0.05, 0.1) is 24.6 Å². The average Bonchev–Trinajstić information content (AvgIpc) is 2.27. The summed E-state index contributed by atoms with van der Waals surface area (Å²) in [5, 5.41) is 9.29. The van der Waals surface area contributed by atoms with E-state index in [-0.39, 0.29) is 18.0 Å². The van der Waals surface area contributed by atoms with E-state index >= 15 is 0 Å². The summed E-state index contributed by atoms with van der Waals surface area (Å²) in [5.41, 5.74) is 1.45. The molecule has 1 aromatic carbocycles. The predicted molar refractivity (Wildman–Crippen MR) is 62.4 cm³/mol. The van der Waals surface area contributed by atoms with E-state index in [1.54, 1.807) is 18.2 Å². The molecule has 2 aromatic rings. The minimum atomic E-state index is -0.987. The molecular weight excluding hydrogens is 244 g/mol. The van der Waals surface area contributed by atoms with Gasteiger partial charge >= 0.3 is 5.97 Å². The summed E-state index contributed by atoms with van der Waals surface area (Å²) in [6, 6.07) is 5.03. The number of rotatable bonds is 3.